The molecule has 198 valence electrons. The first-order valence-corrected chi connectivity index (χ1v) is 11.4. The summed E-state index contributed by atoms with van der Waals surface area (Å²) in [6, 6.07) is 2.26. The highest BCUT2D eigenvalue weighted by Crippen LogP contribution is 2.35. The number of rotatable bonds is 7. The van der Waals surface area contributed by atoms with Crippen molar-refractivity contribution in [1.29, 1.82) is 0 Å². The summed E-state index contributed by atoms with van der Waals surface area (Å²) in [5, 5.41) is 2.69. The highest BCUT2D eigenvalue weighted by Gasteiger charge is 2.42. The lowest BCUT2D eigenvalue weighted by Gasteiger charge is -2.36. The number of hydrogen-bond donors (Lipinski definition) is 1. The molecule has 0 radical (unpaired) electrons. The number of carbonyl (C=O) groups excluding carboxylic acids is 2. The van der Waals surface area contributed by atoms with E-state index >= 15 is 0 Å². The molecule has 2 amide bonds. The maximum absolute atomic E-state index is 14.8. The van der Waals surface area contributed by atoms with Crippen LogP contribution in [0.15, 0.2) is 49.2 Å². The molecule has 1 aromatic heterocycles. The van der Waals surface area contributed by atoms with Gasteiger partial charge < -0.3 is 15.0 Å². The van der Waals surface area contributed by atoms with Crippen molar-refractivity contribution >= 4 is 11.8 Å². The Labute approximate surface area is 208 Å². The molecular weight excluding hydrogens is 504 g/mol. The number of benzene rings is 1. The number of alkyl halides is 5. The van der Waals surface area contributed by atoms with Gasteiger partial charge in [0.2, 0.25) is 5.91 Å². The Hall–Kier alpha value is -3.41. The summed E-state index contributed by atoms with van der Waals surface area (Å²) in [7, 11) is 0. The Morgan fingerprint density at radius 1 is 1.19 bits per heavy atom. The minimum atomic E-state index is -4.74. The van der Waals surface area contributed by atoms with Crippen LogP contribution in [0.1, 0.15) is 46.1 Å². The van der Waals surface area contributed by atoms with Gasteiger partial charge in [-0.15, -0.1) is 6.58 Å². The quantitative estimate of drug-likeness (QED) is 0.419. The standard InChI is InChI=1S/C25H23F6N3O3/c1-2-13-7-20(34(10-13)24(36)14-5-6-32-19(8-14)22(27)28)23(35)33-21(15-11-37-12-15)17-4-3-16(9-18(17)26)25(29,30)31/h2-6,8-9,13,15,20-22H,1,7,10-12H2,(H,33,35)/t13-,20-,21-/m1/s1. The van der Waals surface area contributed by atoms with Gasteiger partial charge in [-0.05, 0) is 36.6 Å². The number of carbonyl (C=O) groups is 2. The van der Waals surface area contributed by atoms with E-state index in [2.05, 4.69) is 16.9 Å². The molecular formula is C25H23F6N3O3. The fraction of sp³-hybridized carbons (Fsp3) is 0.400. The Bertz CT molecular complexity index is 1180. The summed E-state index contributed by atoms with van der Waals surface area (Å²) < 4.78 is 85.1. The molecule has 2 aliphatic heterocycles. The maximum Gasteiger partial charge on any atom is 0.416 e. The van der Waals surface area contributed by atoms with E-state index in [1.807, 2.05) is 0 Å². The number of halogens is 6. The Balaban J connectivity index is 1.59. The lowest BCUT2D eigenvalue weighted by Crippen LogP contribution is -2.50. The molecule has 0 unspecified atom stereocenters. The average Bonchev–Trinajstić information content (AvgIpc) is 3.26. The van der Waals surface area contributed by atoms with Crippen LogP contribution in [-0.4, -0.2) is 47.5 Å². The zero-order chi connectivity index (χ0) is 26.9. The largest absolute Gasteiger partial charge is 0.416 e. The van der Waals surface area contributed by atoms with Crippen LogP contribution in [0.5, 0.6) is 0 Å². The molecule has 0 spiro atoms. The van der Waals surface area contributed by atoms with Crippen LogP contribution in [-0.2, 0) is 15.7 Å². The highest BCUT2D eigenvalue weighted by atomic mass is 19.4. The van der Waals surface area contributed by atoms with E-state index in [-0.39, 0.29) is 43.2 Å². The molecule has 12 heteroatoms. The topological polar surface area (TPSA) is 71.5 Å². The van der Waals surface area contributed by atoms with Crippen LogP contribution in [0.3, 0.4) is 0 Å². The van der Waals surface area contributed by atoms with Gasteiger partial charge in [0, 0.05) is 29.8 Å². The van der Waals surface area contributed by atoms with Crippen LogP contribution < -0.4 is 5.32 Å². The zero-order valence-electron chi connectivity index (χ0n) is 19.4. The minimum absolute atomic E-state index is 0.0782. The first-order valence-electron chi connectivity index (χ1n) is 11.4. The molecule has 3 atom stereocenters. The third-order valence-corrected chi connectivity index (χ3v) is 6.58. The molecule has 2 aromatic rings. The number of nitrogens with zero attached hydrogens (tertiary/aromatic N) is 2. The fourth-order valence-electron chi connectivity index (χ4n) is 4.48. The Morgan fingerprint density at radius 3 is 2.49 bits per heavy atom. The number of likely N-dealkylation sites (tertiary alicyclic amines) is 1. The van der Waals surface area contributed by atoms with E-state index in [9.17, 15) is 35.9 Å². The van der Waals surface area contributed by atoms with E-state index in [1.165, 1.54) is 11.0 Å². The van der Waals surface area contributed by atoms with E-state index in [0.717, 1.165) is 24.4 Å². The van der Waals surface area contributed by atoms with Crippen molar-refractivity contribution in [2.75, 3.05) is 19.8 Å². The predicted octanol–water partition coefficient (Wildman–Crippen LogP) is 4.70. The summed E-state index contributed by atoms with van der Waals surface area (Å²) in [5.41, 5.74) is -1.97. The van der Waals surface area contributed by atoms with Crippen molar-refractivity contribution in [2.24, 2.45) is 11.8 Å². The number of pyridine rings is 1. The van der Waals surface area contributed by atoms with Crippen LogP contribution in [0.25, 0.3) is 0 Å². The van der Waals surface area contributed by atoms with E-state index in [1.54, 1.807) is 6.08 Å². The van der Waals surface area contributed by atoms with Crippen LogP contribution in [0.2, 0.25) is 0 Å². The van der Waals surface area contributed by atoms with Crippen molar-refractivity contribution in [1.82, 2.24) is 15.2 Å². The number of aromatic nitrogens is 1. The van der Waals surface area contributed by atoms with Gasteiger partial charge in [0.15, 0.2) is 0 Å². The Kier molecular flexibility index (Phi) is 7.58. The van der Waals surface area contributed by atoms with Crippen LogP contribution in [0, 0.1) is 17.7 Å². The lowest BCUT2D eigenvalue weighted by molar-refractivity contribution is -0.138. The summed E-state index contributed by atoms with van der Waals surface area (Å²) in [6.45, 7) is 4.11. The van der Waals surface area contributed by atoms with Crippen molar-refractivity contribution in [3.8, 4) is 0 Å². The number of hydrogen-bond acceptors (Lipinski definition) is 4. The predicted molar refractivity (Wildman–Crippen MR) is 119 cm³/mol. The van der Waals surface area contributed by atoms with Crippen molar-refractivity contribution < 1.29 is 40.7 Å². The van der Waals surface area contributed by atoms with Gasteiger partial charge in [-0.2, -0.15) is 13.2 Å². The molecule has 1 N–H and O–H groups in total. The van der Waals surface area contributed by atoms with Gasteiger partial charge in [0.1, 0.15) is 17.6 Å². The van der Waals surface area contributed by atoms with Gasteiger partial charge in [0.05, 0.1) is 24.8 Å². The van der Waals surface area contributed by atoms with Crippen LogP contribution in [0.4, 0.5) is 26.3 Å². The SMILES string of the molecule is C=C[C@@H]1C[C@H](C(=O)N[C@@H](c2ccc(C(F)(F)F)cc2F)C2COC2)N(C(=O)c2ccnc(C(F)F)c2)C1. The first-order chi connectivity index (χ1) is 17.5. The third-order valence-electron chi connectivity index (χ3n) is 6.58. The van der Waals surface area contributed by atoms with E-state index in [0.29, 0.717) is 6.07 Å². The first kappa shape index (κ1) is 26.6. The third kappa shape index (κ3) is 5.63. The molecule has 2 aliphatic rings. The molecule has 0 saturated carbocycles. The summed E-state index contributed by atoms with van der Waals surface area (Å²) in [6.07, 6.45) is -4.81. The van der Waals surface area contributed by atoms with Gasteiger partial charge in [-0.25, -0.2) is 13.2 Å². The molecule has 0 bridgehead atoms. The molecule has 0 aliphatic carbocycles. The van der Waals surface area contributed by atoms with Crippen molar-refractivity contribution in [3.63, 3.8) is 0 Å². The average molecular weight is 527 g/mol. The van der Waals surface area contributed by atoms with Crippen LogP contribution >= 0.6 is 0 Å². The number of amides is 2. The molecule has 1 aromatic carbocycles. The second kappa shape index (κ2) is 10.5. The fourth-order valence-corrected chi connectivity index (χ4v) is 4.48. The van der Waals surface area contributed by atoms with E-state index < -0.39 is 59.5 Å². The summed E-state index contributed by atoms with van der Waals surface area (Å²) in [5.74, 6) is -3.13. The monoisotopic (exact) mass is 527 g/mol. The molecule has 2 saturated heterocycles. The van der Waals surface area contributed by atoms with Gasteiger partial charge >= 0.3 is 6.18 Å². The molecule has 6 nitrogen and oxygen atoms in total. The normalized spacial score (nSPS) is 21.0. The molecule has 3 heterocycles. The lowest BCUT2D eigenvalue weighted by atomic mass is 9.90. The molecule has 4 rings (SSSR count). The van der Waals surface area contributed by atoms with Gasteiger partial charge in [-0.1, -0.05) is 12.1 Å². The number of nitrogens with one attached hydrogen (secondary N) is 1. The van der Waals surface area contributed by atoms with E-state index in [4.69, 9.17) is 4.74 Å². The van der Waals surface area contributed by atoms with Crippen molar-refractivity contribution in [3.05, 3.63) is 77.4 Å². The number of ether oxygens (including phenoxy) is 1. The van der Waals surface area contributed by atoms with Gasteiger partial charge in [0.25, 0.3) is 12.3 Å². The second-order valence-electron chi connectivity index (χ2n) is 8.99. The van der Waals surface area contributed by atoms with Crippen molar-refractivity contribution in [2.45, 2.75) is 31.1 Å². The summed E-state index contributed by atoms with van der Waals surface area (Å²) in [4.78, 5) is 31.3. The highest BCUT2D eigenvalue weighted by molar-refractivity contribution is 5.98. The van der Waals surface area contributed by atoms with Gasteiger partial charge in [-0.3, -0.25) is 14.6 Å². The Morgan fingerprint density at radius 2 is 1.92 bits per heavy atom. The summed E-state index contributed by atoms with van der Waals surface area (Å²) >= 11 is 0. The zero-order valence-corrected chi connectivity index (χ0v) is 19.4. The molecule has 37 heavy (non-hydrogen) atoms. The smallest absolute Gasteiger partial charge is 0.381 e. The minimum Gasteiger partial charge on any atom is -0.381 e. The molecule has 2 fully saturated rings. The second-order valence-corrected chi connectivity index (χ2v) is 8.99. The maximum atomic E-state index is 14.8.